The van der Waals surface area contributed by atoms with E-state index in [2.05, 4.69) is 13.5 Å². The van der Waals surface area contributed by atoms with E-state index in [1.165, 1.54) is 0 Å². The normalized spacial score (nSPS) is 10.5. The zero-order chi connectivity index (χ0) is 11.7. The average Bonchev–Trinajstić information content (AvgIpc) is 2.18. The molecule has 0 saturated carbocycles. The molecule has 1 aromatic carbocycles. The molecule has 0 fully saturated rings. The Bertz CT molecular complexity index is 393. The minimum absolute atomic E-state index is 0.911. The molecular formula is C10H6F5. The van der Waals surface area contributed by atoms with E-state index in [1.807, 2.05) is 0 Å². The fraction of sp³-hybridized carbons (Fsp3) is 0.100. The molecule has 5 heteroatoms. The van der Waals surface area contributed by atoms with E-state index in [0.717, 1.165) is 0 Å². The van der Waals surface area contributed by atoms with Gasteiger partial charge in [0.2, 0.25) is 0 Å². The molecule has 0 N–H and O–H groups in total. The molecule has 0 spiro atoms. The van der Waals surface area contributed by atoms with E-state index >= 15 is 0 Å². The van der Waals surface area contributed by atoms with Crippen molar-refractivity contribution < 1.29 is 22.0 Å². The lowest BCUT2D eigenvalue weighted by Gasteiger charge is -2.08. The highest BCUT2D eigenvalue weighted by atomic mass is 19.2. The Kier molecular flexibility index (Phi) is 3.12. The molecule has 0 bridgehead atoms. The summed E-state index contributed by atoms with van der Waals surface area (Å²) in [5.74, 6) is -7.62. The van der Waals surface area contributed by atoms with Gasteiger partial charge in [0.1, 0.15) is 0 Å². The summed E-state index contributed by atoms with van der Waals surface area (Å²) in [6.45, 7) is 5.57. The predicted molar refractivity (Wildman–Crippen MR) is 44.7 cm³/mol. The second-order valence-corrected chi connectivity index (χ2v) is 2.91. The molecule has 81 valence electrons. The standard InChI is InChI=1S/C10H6F5/c1-4(11)3-6-9(14)7(12)5(2)8(13)10(6)15/h1-3H2. The van der Waals surface area contributed by atoms with Crippen LogP contribution in [0.5, 0.6) is 0 Å². The van der Waals surface area contributed by atoms with Crippen LogP contribution in [0.4, 0.5) is 22.0 Å². The Labute approximate surface area is 83.0 Å². The van der Waals surface area contributed by atoms with Gasteiger partial charge < -0.3 is 0 Å². The van der Waals surface area contributed by atoms with Crippen molar-refractivity contribution >= 4 is 0 Å². The first-order valence-electron chi connectivity index (χ1n) is 3.86. The van der Waals surface area contributed by atoms with Gasteiger partial charge in [0.15, 0.2) is 23.3 Å². The predicted octanol–water partition coefficient (Wildman–Crippen LogP) is 3.45. The van der Waals surface area contributed by atoms with E-state index in [-0.39, 0.29) is 0 Å². The topological polar surface area (TPSA) is 0 Å². The third-order valence-corrected chi connectivity index (χ3v) is 1.81. The lowest BCUT2D eigenvalue weighted by atomic mass is 10.1. The number of hydrogen-bond donors (Lipinski definition) is 0. The van der Waals surface area contributed by atoms with Crippen LogP contribution in [0.1, 0.15) is 11.1 Å². The van der Waals surface area contributed by atoms with Gasteiger partial charge >= 0.3 is 0 Å². The highest BCUT2D eigenvalue weighted by Gasteiger charge is 2.23. The summed E-state index contributed by atoms with van der Waals surface area (Å²) in [5, 5.41) is 0. The summed E-state index contributed by atoms with van der Waals surface area (Å²) < 4.78 is 64.2. The molecule has 0 nitrogen and oxygen atoms in total. The molecular weight excluding hydrogens is 215 g/mol. The Balaban J connectivity index is 3.45. The summed E-state index contributed by atoms with van der Waals surface area (Å²) in [7, 11) is 0. The molecule has 0 amide bonds. The third kappa shape index (κ3) is 2.00. The van der Waals surface area contributed by atoms with Crippen molar-refractivity contribution in [2.45, 2.75) is 6.42 Å². The summed E-state index contributed by atoms with van der Waals surface area (Å²) in [6.07, 6.45) is -0.911. The van der Waals surface area contributed by atoms with Gasteiger partial charge in [-0.2, -0.15) is 0 Å². The third-order valence-electron chi connectivity index (χ3n) is 1.81. The molecule has 0 aliphatic heterocycles. The maximum absolute atomic E-state index is 13.0. The molecule has 0 aliphatic carbocycles. The maximum Gasteiger partial charge on any atom is 0.165 e. The van der Waals surface area contributed by atoms with Crippen molar-refractivity contribution in [3.05, 3.63) is 53.7 Å². The molecule has 1 radical (unpaired) electrons. The van der Waals surface area contributed by atoms with E-state index < -0.39 is 46.6 Å². The van der Waals surface area contributed by atoms with Crippen LogP contribution in [0.25, 0.3) is 0 Å². The van der Waals surface area contributed by atoms with Crippen molar-refractivity contribution in [3.63, 3.8) is 0 Å². The van der Waals surface area contributed by atoms with Gasteiger partial charge in [-0.1, -0.05) is 6.58 Å². The molecule has 0 unspecified atom stereocenters. The lowest BCUT2D eigenvalue weighted by Crippen LogP contribution is -2.06. The van der Waals surface area contributed by atoms with Crippen LogP contribution < -0.4 is 0 Å². The molecule has 0 saturated heterocycles. The summed E-state index contributed by atoms with van der Waals surface area (Å²) in [5.41, 5.74) is -2.04. The molecule has 0 heterocycles. The van der Waals surface area contributed by atoms with Crippen molar-refractivity contribution in [3.8, 4) is 0 Å². The zero-order valence-electron chi connectivity index (χ0n) is 7.51. The smallest absolute Gasteiger partial charge is 0.165 e. The fourth-order valence-electron chi connectivity index (χ4n) is 1.07. The number of allylic oxidation sites excluding steroid dienone is 1. The van der Waals surface area contributed by atoms with Crippen LogP contribution >= 0.6 is 0 Å². The summed E-state index contributed by atoms with van der Waals surface area (Å²) in [6, 6.07) is 0. The second kappa shape index (κ2) is 4.00. The Hall–Kier alpha value is -1.39. The Morgan fingerprint density at radius 1 is 0.933 bits per heavy atom. The van der Waals surface area contributed by atoms with Crippen LogP contribution in [0.15, 0.2) is 12.4 Å². The van der Waals surface area contributed by atoms with Gasteiger partial charge in [-0.25, -0.2) is 22.0 Å². The number of rotatable bonds is 2. The number of benzene rings is 1. The van der Waals surface area contributed by atoms with Crippen LogP contribution in [0, 0.1) is 30.2 Å². The largest absolute Gasteiger partial charge is 0.212 e. The van der Waals surface area contributed by atoms with Crippen molar-refractivity contribution in [1.82, 2.24) is 0 Å². The summed E-state index contributed by atoms with van der Waals surface area (Å²) in [4.78, 5) is 0. The first-order chi connectivity index (χ1) is 6.86. The van der Waals surface area contributed by atoms with Gasteiger partial charge in [-0.15, -0.1) is 0 Å². The highest BCUT2D eigenvalue weighted by molar-refractivity contribution is 5.33. The van der Waals surface area contributed by atoms with Crippen molar-refractivity contribution in [1.29, 1.82) is 0 Å². The molecule has 0 atom stereocenters. The minimum Gasteiger partial charge on any atom is -0.212 e. The van der Waals surface area contributed by atoms with E-state index in [0.29, 0.717) is 0 Å². The zero-order valence-corrected chi connectivity index (χ0v) is 7.51. The maximum atomic E-state index is 13.0. The fourth-order valence-corrected chi connectivity index (χ4v) is 1.07. The molecule has 1 rings (SSSR count). The van der Waals surface area contributed by atoms with Crippen molar-refractivity contribution in [2.24, 2.45) is 0 Å². The first kappa shape index (κ1) is 11.7. The molecule has 0 aliphatic rings. The number of hydrogen-bond acceptors (Lipinski definition) is 0. The van der Waals surface area contributed by atoms with E-state index in [1.54, 1.807) is 0 Å². The van der Waals surface area contributed by atoms with Crippen LogP contribution in [0.3, 0.4) is 0 Å². The van der Waals surface area contributed by atoms with Gasteiger partial charge in [0.25, 0.3) is 0 Å². The van der Waals surface area contributed by atoms with Gasteiger partial charge in [0, 0.05) is 17.5 Å². The lowest BCUT2D eigenvalue weighted by molar-refractivity contribution is 0.432. The van der Waals surface area contributed by atoms with Gasteiger partial charge in [-0.05, 0) is 6.92 Å². The number of halogens is 5. The highest BCUT2D eigenvalue weighted by Crippen LogP contribution is 2.25. The van der Waals surface area contributed by atoms with E-state index in [9.17, 15) is 22.0 Å². The van der Waals surface area contributed by atoms with Crippen molar-refractivity contribution in [2.75, 3.05) is 0 Å². The first-order valence-corrected chi connectivity index (χ1v) is 3.86. The summed E-state index contributed by atoms with van der Waals surface area (Å²) >= 11 is 0. The second-order valence-electron chi connectivity index (χ2n) is 2.91. The quantitative estimate of drug-likeness (QED) is 0.530. The van der Waals surface area contributed by atoms with Crippen LogP contribution in [-0.4, -0.2) is 0 Å². The van der Waals surface area contributed by atoms with E-state index in [4.69, 9.17) is 0 Å². The monoisotopic (exact) mass is 221 g/mol. The van der Waals surface area contributed by atoms with Gasteiger partial charge in [-0.3, -0.25) is 0 Å². The molecule has 15 heavy (non-hydrogen) atoms. The Morgan fingerprint density at radius 3 is 1.67 bits per heavy atom. The SMILES string of the molecule is [CH2]c1c(F)c(F)c(CC(=C)F)c(F)c1F. The molecule has 1 aromatic rings. The van der Waals surface area contributed by atoms with Crippen LogP contribution in [0.2, 0.25) is 0 Å². The van der Waals surface area contributed by atoms with Crippen LogP contribution in [-0.2, 0) is 6.42 Å². The average molecular weight is 221 g/mol. The molecule has 0 aromatic heterocycles. The van der Waals surface area contributed by atoms with Gasteiger partial charge in [0.05, 0.1) is 5.83 Å². The Morgan fingerprint density at radius 2 is 1.33 bits per heavy atom. The minimum atomic E-state index is -1.64.